The number of rotatable bonds is 0. The van der Waals surface area contributed by atoms with Gasteiger partial charge in [0, 0.05) is 0 Å². The van der Waals surface area contributed by atoms with Gasteiger partial charge in [0.25, 0.3) is 0 Å². The average Bonchev–Trinajstić information content (AvgIpc) is 1.80. The Hall–Kier alpha value is 0.276. The van der Waals surface area contributed by atoms with Gasteiger partial charge in [0.1, 0.15) is 0 Å². The quantitative estimate of drug-likeness (QED) is 0.355. The summed E-state index contributed by atoms with van der Waals surface area (Å²) in [7, 11) is 0. The van der Waals surface area contributed by atoms with Gasteiger partial charge in [0.2, 0.25) is 0 Å². The van der Waals surface area contributed by atoms with Gasteiger partial charge in [0.15, 0.2) is 0 Å². The molecule has 1 aromatic carbocycles. The van der Waals surface area contributed by atoms with E-state index in [2.05, 4.69) is 32.9 Å². The first kappa shape index (κ1) is 13.8. The number of hydrogen-bond acceptors (Lipinski definition) is 0. The summed E-state index contributed by atoms with van der Waals surface area (Å²) in [6.45, 7) is 6.27. The van der Waals surface area contributed by atoms with Crippen LogP contribution >= 0.6 is 0 Å². The molecule has 0 aliphatic rings. The van der Waals surface area contributed by atoms with Crippen molar-refractivity contribution in [3.8, 4) is 0 Å². The van der Waals surface area contributed by atoms with Crippen LogP contribution < -0.4 is 12.4 Å². The van der Waals surface area contributed by atoms with Crippen LogP contribution in [-0.2, 0) is 0 Å². The summed E-state index contributed by atoms with van der Waals surface area (Å²) in [4.78, 5) is 0. The van der Waals surface area contributed by atoms with Crippen LogP contribution in [0.25, 0.3) is 0 Å². The van der Waals surface area contributed by atoms with Crippen LogP contribution in [0.3, 0.4) is 0 Å². The zero-order valence-corrected chi connectivity index (χ0v) is 9.41. The fourth-order valence-corrected chi connectivity index (χ4v) is 0.827. The molecular formula is C9H11ClMg. The molecule has 0 aromatic heterocycles. The van der Waals surface area contributed by atoms with Crippen molar-refractivity contribution < 1.29 is 12.4 Å². The van der Waals surface area contributed by atoms with Gasteiger partial charge >= 0.3 is 23.1 Å². The van der Waals surface area contributed by atoms with Crippen molar-refractivity contribution in [2.45, 2.75) is 20.8 Å². The van der Waals surface area contributed by atoms with Gasteiger partial charge in [-0.2, -0.15) is 34.9 Å². The summed E-state index contributed by atoms with van der Waals surface area (Å²) >= 11 is 0. The van der Waals surface area contributed by atoms with Crippen molar-refractivity contribution in [1.29, 1.82) is 0 Å². The third kappa shape index (κ3) is 3.99. The first-order chi connectivity index (χ1) is 4.20. The maximum absolute atomic E-state index is 3.17. The molecule has 56 valence electrons. The third-order valence-corrected chi connectivity index (χ3v) is 1.55. The van der Waals surface area contributed by atoms with Gasteiger partial charge in [-0.25, -0.2) is 0 Å². The zero-order chi connectivity index (χ0) is 6.85. The molecule has 0 aliphatic heterocycles. The molecule has 1 aromatic rings. The van der Waals surface area contributed by atoms with Gasteiger partial charge in [0.05, 0.1) is 0 Å². The Balaban J connectivity index is 0. The van der Waals surface area contributed by atoms with E-state index in [9.17, 15) is 0 Å². The monoisotopic (exact) mass is 178 g/mol. The molecule has 0 N–H and O–H groups in total. The second kappa shape index (κ2) is 5.87. The molecule has 0 fully saturated rings. The second-order valence-corrected chi connectivity index (χ2v) is 2.49. The Morgan fingerprint density at radius 1 is 1.18 bits per heavy atom. The third-order valence-electron chi connectivity index (χ3n) is 1.55. The smallest absolute Gasteiger partial charge is 1.00 e. The summed E-state index contributed by atoms with van der Waals surface area (Å²) in [5.74, 6) is 0. The van der Waals surface area contributed by atoms with E-state index in [0.29, 0.717) is 0 Å². The molecule has 0 heterocycles. The van der Waals surface area contributed by atoms with E-state index in [1.54, 1.807) is 0 Å². The average molecular weight is 179 g/mol. The maximum atomic E-state index is 3.17. The Morgan fingerprint density at radius 2 is 1.73 bits per heavy atom. The van der Waals surface area contributed by atoms with Crippen LogP contribution in [0.4, 0.5) is 0 Å². The van der Waals surface area contributed by atoms with Gasteiger partial charge in [-0.05, 0) is 0 Å². The molecule has 0 amide bonds. The molecule has 0 unspecified atom stereocenters. The Bertz CT molecular complexity index is 221. The van der Waals surface area contributed by atoms with Crippen molar-refractivity contribution in [3.63, 3.8) is 0 Å². The minimum absolute atomic E-state index is 0. The molecule has 2 heteroatoms. The zero-order valence-electron chi connectivity index (χ0n) is 7.24. The molecule has 0 saturated heterocycles. The maximum Gasteiger partial charge on any atom is 2.00 e. The van der Waals surface area contributed by atoms with E-state index < -0.39 is 0 Å². The molecule has 1 rings (SSSR count). The van der Waals surface area contributed by atoms with E-state index in [1.165, 1.54) is 16.7 Å². The van der Waals surface area contributed by atoms with Crippen molar-refractivity contribution in [2.75, 3.05) is 0 Å². The van der Waals surface area contributed by atoms with Gasteiger partial charge in [-0.1, -0.05) is 20.8 Å². The van der Waals surface area contributed by atoms with Gasteiger partial charge in [-0.15, -0.1) is 0 Å². The molecular weight excluding hydrogens is 168 g/mol. The molecule has 0 bridgehead atoms. The van der Waals surface area contributed by atoms with Crippen LogP contribution in [-0.4, -0.2) is 23.1 Å². The number of benzene rings is 1. The minimum atomic E-state index is 0. The van der Waals surface area contributed by atoms with E-state index in [1.807, 2.05) is 6.07 Å². The van der Waals surface area contributed by atoms with Crippen LogP contribution in [0.2, 0.25) is 0 Å². The summed E-state index contributed by atoms with van der Waals surface area (Å²) in [5, 5.41) is 0. The van der Waals surface area contributed by atoms with Crippen LogP contribution in [0, 0.1) is 26.8 Å². The van der Waals surface area contributed by atoms with Gasteiger partial charge < -0.3 is 12.4 Å². The van der Waals surface area contributed by atoms with Crippen molar-refractivity contribution in [2.24, 2.45) is 0 Å². The standard InChI is InChI=1S/C9H11.ClH.Mg/c1-7-4-5-8(2)9(3)6-7;;/h4,6H,1-3H3;1H;/q-1;;+2/p-1. The number of aryl methyl sites for hydroxylation is 3. The fourth-order valence-electron chi connectivity index (χ4n) is 0.827. The number of hydrogen-bond donors (Lipinski definition) is 0. The van der Waals surface area contributed by atoms with E-state index in [0.717, 1.165) is 0 Å². The van der Waals surface area contributed by atoms with E-state index in [-0.39, 0.29) is 35.5 Å². The van der Waals surface area contributed by atoms with Crippen LogP contribution in [0.15, 0.2) is 12.1 Å². The predicted octanol–water partition coefficient (Wildman–Crippen LogP) is -0.965. The topological polar surface area (TPSA) is 0 Å². The summed E-state index contributed by atoms with van der Waals surface area (Å²) < 4.78 is 0. The summed E-state index contributed by atoms with van der Waals surface area (Å²) in [6.07, 6.45) is 0. The first-order valence-corrected chi connectivity index (χ1v) is 3.15. The van der Waals surface area contributed by atoms with Crippen molar-refractivity contribution in [3.05, 3.63) is 34.9 Å². The van der Waals surface area contributed by atoms with E-state index in [4.69, 9.17) is 0 Å². The van der Waals surface area contributed by atoms with Crippen molar-refractivity contribution in [1.82, 2.24) is 0 Å². The first-order valence-electron chi connectivity index (χ1n) is 3.15. The van der Waals surface area contributed by atoms with Crippen LogP contribution in [0.5, 0.6) is 0 Å². The Kier molecular flexibility index (Phi) is 7.38. The normalized spacial score (nSPS) is 7.91. The SMILES string of the molecule is Cc1c[c-]c(C)c(C)c1.[Cl-].[Mg+2]. The minimum Gasteiger partial charge on any atom is -1.00 e. The van der Waals surface area contributed by atoms with Crippen molar-refractivity contribution >= 4 is 23.1 Å². The Labute approximate surface area is 90.9 Å². The predicted molar refractivity (Wildman–Crippen MR) is 45.2 cm³/mol. The largest absolute Gasteiger partial charge is 2.00 e. The van der Waals surface area contributed by atoms with E-state index >= 15 is 0 Å². The molecule has 0 aliphatic carbocycles. The second-order valence-electron chi connectivity index (χ2n) is 2.49. The number of halogens is 1. The Morgan fingerprint density at radius 3 is 2.09 bits per heavy atom. The molecule has 0 spiro atoms. The van der Waals surface area contributed by atoms with Crippen LogP contribution in [0.1, 0.15) is 16.7 Å². The summed E-state index contributed by atoms with van der Waals surface area (Å²) in [5.41, 5.74) is 3.87. The molecule has 0 saturated carbocycles. The molecule has 11 heavy (non-hydrogen) atoms. The molecule has 0 radical (unpaired) electrons. The van der Waals surface area contributed by atoms with Gasteiger partial charge in [-0.3, -0.25) is 0 Å². The fraction of sp³-hybridized carbons (Fsp3) is 0.333. The summed E-state index contributed by atoms with van der Waals surface area (Å²) in [6, 6.07) is 7.36. The molecule has 0 nitrogen and oxygen atoms in total. The molecule has 0 atom stereocenters.